The van der Waals surface area contributed by atoms with Crippen LogP contribution in [0.25, 0.3) is 5.69 Å². The fraction of sp³-hybridized carbons (Fsp3) is 0.125. The van der Waals surface area contributed by atoms with Crippen LogP contribution in [0.4, 0.5) is 0 Å². The van der Waals surface area contributed by atoms with Gasteiger partial charge in [-0.2, -0.15) is 5.10 Å². The largest absolute Gasteiger partial charge is 0.344 e. The zero-order chi connectivity index (χ0) is 17.1. The molecule has 1 atom stereocenters. The van der Waals surface area contributed by atoms with Crippen LogP contribution in [-0.4, -0.2) is 25.7 Å². The topological polar surface area (TPSA) is 72.7 Å². The molecular weight excluding hydrogens is 349 g/mol. The minimum atomic E-state index is -0.379. The highest BCUT2D eigenvalue weighted by molar-refractivity contribution is 6.34. The van der Waals surface area contributed by atoms with Crippen LogP contribution in [-0.2, 0) is 0 Å². The molecule has 3 rings (SSSR count). The van der Waals surface area contributed by atoms with Crippen molar-refractivity contribution in [1.82, 2.24) is 25.1 Å². The van der Waals surface area contributed by atoms with Crippen LogP contribution in [0.1, 0.15) is 29.0 Å². The lowest BCUT2D eigenvalue weighted by Crippen LogP contribution is -2.27. The van der Waals surface area contributed by atoms with E-state index in [1.165, 1.54) is 12.4 Å². The van der Waals surface area contributed by atoms with Gasteiger partial charge in [-0.05, 0) is 36.8 Å². The fourth-order valence-corrected chi connectivity index (χ4v) is 2.52. The number of aromatic nitrogens is 4. The van der Waals surface area contributed by atoms with E-state index in [-0.39, 0.29) is 27.8 Å². The zero-order valence-electron chi connectivity index (χ0n) is 12.6. The van der Waals surface area contributed by atoms with Gasteiger partial charge in [0.1, 0.15) is 23.5 Å². The van der Waals surface area contributed by atoms with Gasteiger partial charge in [0.25, 0.3) is 5.91 Å². The number of amides is 1. The number of nitrogens with zero attached hydrogens (tertiary/aromatic N) is 4. The number of carbonyl (C=O) groups excluding carboxylic acids is 1. The quantitative estimate of drug-likeness (QED) is 0.722. The van der Waals surface area contributed by atoms with E-state index in [4.69, 9.17) is 23.2 Å². The standard InChI is InChI=1S/C16H13Cl2N5O/c1-10(21-16(24)15-13(17)6-7-14(18)22-15)11-2-4-12(5-3-11)23-9-19-8-20-23/h2-10H,1H3,(H,21,24). The van der Waals surface area contributed by atoms with Crippen LogP contribution < -0.4 is 5.32 Å². The first-order valence-electron chi connectivity index (χ1n) is 7.12. The molecule has 6 nitrogen and oxygen atoms in total. The summed E-state index contributed by atoms with van der Waals surface area (Å²) >= 11 is 11.8. The van der Waals surface area contributed by atoms with Crippen LogP contribution in [0, 0.1) is 0 Å². The maximum Gasteiger partial charge on any atom is 0.271 e. The second-order valence-corrected chi connectivity index (χ2v) is 5.89. The van der Waals surface area contributed by atoms with Gasteiger partial charge in [0.2, 0.25) is 0 Å². The first-order chi connectivity index (χ1) is 11.5. The third kappa shape index (κ3) is 3.55. The normalized spacial score (nSPS) is 12.0. The van der Waals surface area contributed by atoms with Crippen LogP contribution in [0.5, 0.6) is 0 Å². The van der Waals surface area contributed by atoms with Crippen molar-refractivity contribution >= 4 is 29.1 Å². The van der Waals surface area contributed by atoms with E-state index in [2.05, 4.69) is 20.4 Å². The van der Waals surface area contributed by atoms with Crippen molar-refractivity contribution in [3.8, 4) is 5.69 Å². The fourth-order valence-electron chi connectivity index (χ4n) is 2.18. The number of carbonyl (C=O) groups is 1. The minimum absolute atomic E-state index is 0.107. The van der Waals surface area contributed by atoms with Gasteiger partial charge in [0.05, 0.1) is 16.8 Å². The Labute approximate surface area is 148 Å². The summed E-state index contributed by atoms with van der Waals surface area (Å²) in [6.45, 7) is 1.88. The molecule has 0 saturated heterocycles. The molecule has 0 bridgehead atoms. The zero-order valence-corrected chi connectivity index (χ0v) is 14.2. The Morgan fingerprint density at radius 2 is 1.92 bits per heavy atom. The Morgan fingerprint density at radius 1 is 1.17 bits per heavy atom. The Balaban J connectivity index is 1.73. The van der Waals surface area contributed by atoms with Gasteiger partial charge in [0, 0.05) is 0 Å². The summed E-state index contributed by atoms with van der Waals surface area (Å²) in [6, 6.07) is 10.5. The Bertz CT molecular complexity index is 849. The second kappa shape index (κ2) is 6.98. The molecule has 0 saturated carbocycles. The third-order valence-corrected chi connectivity index (χ3v) is 3.97. The van der Waals surface area contributed by atoms with Crippen LogP contribution in [0.2, 0.25) is 10.2 Å². The summed E-state index contributed by atoms with van der Waals surface area (Å²) in [5.74, 6) is -0.379. The van der Waals surface area contributed by atoms with Gasteiger partial charge in [-0.25, -0.2) is 14.6 Å². The highest BCUT2D eigenvalue weighted by atomic mass is 35.5. The van der Waals surface area contributed by atoms with Crippen molar-refractivity contribution in [2.45, 2.75) is 13.0 Å². The van der Waals surface area contributed by atoms with E-state index >= 15 is 0 Å². The summed E-state index contributed by atoms with van der Waals surface area (Å²) in [4.78, 5) is 20.2. The Hall–Kier alpha value is -2.44. The van der Waals surface area contributed by atoms with Gasteiger partial charge in [0.15, 0.2) is 0 Å². The first-order valence-corrected chi connectivity index (χ1v) is 7.88. The molecule has 1 N–H and O–H groups in total. The molecular formula is C16H13Cl2N5O. The van der Waals surface area contributed by atoms with Crippen molar-refractivity contribution < 1.29 is 4.79 Å². The number of halogens is 2. The SMILES string of the molecule is CC(NC(=O)c1nc(Cl)ccc1Cl)c1ccc(-n2cncn2)cc1. The Morgan fingerprint density at radius 3 is 2.58 bits per heavy atom. The number of benzene rings is 1. The van der Waals surface area contributed by atoms with E-state index in [9.17, 15) is 4.79 Å². The molecule has 1 amide bonds. The molecule has 1 unspecified atom stereocenters. The molecule has 122 valence electrons. The van der Waals surface area contributed by atoms with Crippen LogP contribution in [0.15, 0.2) is 49.1 Å². The molecule has 0 aliphatic rings. The van der Waals surface area contributed by atoms with Gasteiger partial charge in [-0.15, -0.1) is 0 Å². The minimum Gasteiger partial charge on any atom is -0.344 e. The van der Waals surface area contributed by atoms with Gasteiger partial charge in [-0.3, -0.25) is 4.79 Å². The summed E-state index contributed by atoms with van der Waals surface area (Å²) in [6.07, 6.45) is 3.09. The molecule has 0 aliphatic heterocycles. The molecule has 0 fully saturated rings. The summed E-state index contributed by atoms with van der Waals surface area (Å²) in [7, 11) is 0. The highest BCUT2D eigenvalue weighted by Gasteiger charge is 2.16. The molecule has 24 heavy (non-hydrogen) atoms. The number of hydrogen-bond acceptors (Lipinski definition) is 4. The molecule has 8 heteroatoms. The van der Waals surface area contributed by atoms with Crippen LogP contribution in [0.3, 0.4) is 0 Å². The van der Waals surface area contributed by atoms with E-state index in [1.807, 2.05) is 31.2 Å². The van der Waals surface area contributed by atoms with Crippen molar-refractivity contribution in [3.05, 3.63) is 70.5 Å². The van der Waals surface area contributed by atoms with Crippen LogP contribution >= 0.6 is 23.2 Å². The second-order valence-electron chi connectivity index (χ2n) is 5.09. The smallest absolute Gasteiger partial charge is 0.271 e. The van der Waals surface area contributed by atoms with Gasteiger partial charge in [-0.1, -0.05) is 35.3 Å². The molecule has 3 aromatic rings. The first kappa shape index (κ1) is 16.4. The third-order valence-electron chi connectivity index (χ3n) is 3.45. The highest BCUT2D eigenvalue weighted by Crippen LogP contribution is 2.19. The lowest BCUT2D eigenvalue weighted by Gasteiger charge is -2.15. The number of hydrogen-bond donors (Lipinski definition) is 1. The molecule has 2 heterocycles. The summed E-state index contributed by atoms with van der Waals surface area (Å²) in [5.41, 5.74) is 1.93. The number of rotatable bonds is 4. The lowest BCUT2D eigenvalue weighted by atomic mass is 10.1. The summed E-state index contributed by atoms with van der Waals surface area (Å²) in [5, 5.41) is 7.40. The number of nitrogens with one attached hydrogen (secondary N) is 1. The average Bonchev–Trinajstić information content (AvgIpc) is 3.11. The molecule has 2 aromatic heterocycles. The predicted octanol–water partition coefficient (Wildman–Crippen LogP) is 3.46. The lowest BCUT2D eigenvalue weighted by molar-refractivity contribution is 0.0935. The van der Waals surface area contributed by atoms with E-state index in [1.54, 1.807) is 17.1 Å². The molecule has 0 spiro atoms. The predicted molar refractivity (Wildman–Crippen MR) is 91.5 cm³/mol. The summed E-state index contributed by atoms with van der Waals surface area (Å²) < 4.78 is 1.66. The van der Waals surface area contributed by atoms with Gasteiger partial charge < -0.3 is 5.32 Å². The van der Waals surface area contributed by atoms with E-state index < -0.39 is 0 Å². The van der Waals surface area contributed by atoms with Crippen molar-refractivity contribution in [2.75, 3.05) is 0 Å². The van der Waals surface area contributed by atoms with Crippen molar-refractivity contribution in [2.24, 2.45) is 0 Å². The maximum absolute atomic E-state index is 12.3. The van der Waals surface area contributed by atoms with E-state index in [0.29, 0.717) is 0 Å². The molecule has 1 aromatic carbocycles. The van der Waals surface area contributed by atoms with Crippen molar-refractivity contribution in [3.63, 3.8) is 0 Å². The van der Waals surface area contributed by atoms with Gasteiger partial charge >= 0.3 is 0 Å². The maximum atomic E-state index is 12.3. The number of pyridine rings is 1. The molecule has 0 aliphatic carbocycles. The van der Waals surface area contributed by atoms with E-state index in [0.717, 1.165) is 11.3 Å². The van der Waals surface area contributed by atoms with Crippen molar-refractivity contribution in [1.29, 1.82) is 0 Å². The Kier molecular flexibility index (Phi) is 4.78. The monoisotopic (exact) mass is 361 g/mol. The molecule has 0 radical (unpaired) electrons. The average molecular weight is 362 g/mol.